The number of nitrogens with zero attached hydrogens (tertiary/aromatic N) is 1. The van der Waals surface area contributed by atoms with E-state index in [9.17, 15) is 9.59 Å². The molecule has 7 nitrogen and oxygen atoms in total. The van der Waals surface area contributed by atoms with E-state index in [-0.39, 0.29) is 11.9 Å². The number of nitrogens with one attached hydrogen (secondary N) is 1. The average Bonchev–Trinajstić information content (AvgIpc) is 2.79. The molecule has 2 atom stereocenters. The molecule has 2 amide bonds. The highest BCUT2D eigenvalue weighted by Gasteiger charge is 2.41. The molecular formula is C18H24N2O5. The first-order valence-corrected chi connectivity index (χ1v) is 8.56. The van der Waals surface area contributed by atoms with Gasteiger partial charge in [0.1, 0.15) is 12.4 Å². The van der Waals surface area contributed by atoms with Gasteiger partial charge >= 0.3 is 0 Å². The third-order valence-corrected chi connectivity index (χ3v) is 5.10. The lowest BCUT2D eigenvalue weighted by Gasteiger charge is -2.38. The molecule has 1 aromatic rings. The van der Waals surface area contributed by atoms with Crippen LogP contribution in [0, 0.1) is 5.41 Å². The minimum absolute atomic E-state index is 0.0772. The first kappa shape index (κ1) is 17.7. The molecular weight excluding hydrogens is 324 g/mol. The molecule has 25 heavy (non-hydrogen) atoms. The molecule has 2 N–H and O–H groups in total. The summed E-state index contributed by atoms with van der Waals surface area (Å²) in [6.45, 7) is 5.90. The Labute approximate surface area is 146 Å². The van der Waals surface area contributed by atoms with E-state index in [0.29, 0.717) is 37.7 Å². The number of hydrogen-bond acceptors (Lipinski definition) is 5. The van der Waals surface area contributed by atoms with Crippen molar-refractivity contribution in [2.75, 3.05) is 26.4 Å². The van der Waals surface area contributed by atoms with Gasteiger partial charge in [-0.05, 0) is 38.8 Å². The molecule has 0 spiro atoms. The van der Waals surface area contributed by atoms with Crippen molar-refractivity contribution in [3.63, 3.8) is 0 Å². The molecule has 0 bridgehead atoms. The summed E-state index contributed by atoms with van der Waals surface area (Å²) >= 11 is 0. The van der Waals surface area contributed by atoms with Crippen molar-refractivity contribution < 1.29 is 24.3 Å². The lowest BCUT2D eigenvalue weighted by Crippen LogP contribution is -2.48. The lowest BCUT2D eigenvalue weighted by molar-refractivity contribution is -0.151. The minimum atomic E-state index is -0.594. The standard InChI is InChI=1S/C18H24N2O5/c1-12-14-5-4-13(16(21)19-23)10-15(14)25-9-7-20(12)17(22)18(2)6-3-8-24-11-18/h4-5,10,12,23H,3,6-9,11H2,1-2H3,(H,19,21)/t12?,18-/m1/s1. The van der Waals surface area contributed by atoms with Crippen LogP contribution < -0.4 is 10.2 Å². The molecule has 3 rings (SSSR count). The molecule has 0 aromatic heterocycles. The van der Waals surface area contributed by atoms with E-state index in [2.05, 4.69) is 0 Å². The number of rotatable bonds is 2. The van der Waals surface area contributed by atoms with Crippen molar-refractivity contribution in [3.05, 3.63) is 29.3 Å². The molecule has 7 heteroatoms. The number of hydroxylamine groups is 1. The Balaban J connectivity index is 1.87. The first-order valence-electron chi connectivity index (χ1n) is 8.56. The number of hydrogen-bond donors (Lipinski definition) is 2. The van der Waals surface area contributed by atoms with E-state index < -0.39 is 11.3 Å². The van der Waals surface area contributed by atoms with Crippen molar-refractivity contribution in [2.24, 2.45) is 5.41 Å². The Kier molecular flexibility index (Phi) is 4.96. The minimum Gasteiger partial charge on any atom is -0.491 e. The summed E-state index contributed by atoms with van der Waals surface area (Å²) in [6, 6.07) is 4.81. The zero-order chi connectivity index (χ0) is 18.0. The molecule has 0 saturated carbocycles. The summed E-state index contributed by atoms with van der Waals surface area (Å²) in [4.78, 5) is 26.6. The van der Waals surface area contributed by atoms with Crippen LogP contribution in [0.2, 0.25) is 0 Å². The number of fused-ring (bicyclic) bond motifs is 1. The summed E-state index contributed by atoms with van der Waals surface area (Å²) in [5.74, 6) is 0.0466. The smallest absolute Gasteiger partial charge is 0.274 e. The Bertz CT molecular complexity index is 669. The fourth-order valence-electron chi connectivity index (χ4n) is 3.55. The summed E-state index contributed by atoms with van der Waals surface area (Å²) in [5, 5.41) is 8.78. The molecule has 1 unspecified atom stereocenters. The Morgan fingerprint density at radius 3 is 2.84 bits per heavy atom. The van der Waals surface area contributed by atoms with Gasteiger partial charge in [-0.3, -0.25) is 14.8 Å². The van der Waals surface area contributed by atoms with Gasteiger partial charge in [0, 0.05) is 17.7 Å². The van der Waals surface area contributed by atoms with Crippen molar-refractivity contribution in [2.45, 2.75) is 32.7 Å². The van der Waals surface area contributed by atoms with Gasteiger partial charge in [-0.15, -0.1) is 0 Å². The van der Waals surface area contributed by atoms with E-state index in [1.807, 2.05) is 18.7 Å². The lowest BCUT2D eigenvalue weighted by atomic mass is 9.82. The fourth-order valence-corrected chi connectivity index (χ4v) is 3.55. The van der Waals surface area contributed by atoms with Crippen LogP contribution in [0.5, 0.6) is 5.75 Å². The second kappa shape index (κ2) is 7.01. The van der Waals surface area contributed by atoms with Gasteiger partial charge in [0.25, 0.3) is 5.91 Å². The molecule has 2 heterocycles. The van der Waals surface area contributed by atoms with E-state index in [1.165, 1.54) is 0 Å². The first-order chi connectivity index (χ1) is 12.0. The summed E-state index contributed by atoms with van der Waals surface area (Å²) in [6.07, 6.45) is 1.70. The van der Waals surface area contributed by atoms with E-state index in [0.717, 1.165) is 18.4 Å². The highest BCUT2D eigenvalue weighted by Crippen LogP contribution is 2.37. The molecule has 0 aliphatic carbocycles. The normalized spacial score (nSPS) is 26.2. The highest BCUT2D eigenvalue weighted by molar-refractivity contribution is 5.94. The van der Waals surface area contributed by atoms with Gasteiger partial charge in [0.05, 0.1) is 24.6 Å². The molecule has 136 valence electrons. The quantitative estimate of drug-likeness (QED) is 0.630. The van der Waals surface area contributed by atoms with Gasteiger partial charge in [-0.1, -0.05) is 6.07 Å². The fraction of sp³-hybridized carbons (Fsp3) is 0.556. The highest BCUT2D eigenvalue weighted by atomic mass is 16.5. The molecule has 0 radical (unpaired) electrons. The van der Waals surface area contributed by atoms with Crippen LogP contribution in [-0.2, 0) is 9.53 Å². The molecule has 1 fully saturated rings. The number of amides is 2. The van der Waals surface area contributed by atoms with Crippen LogP contribution in [-0.4, -0.2) is 48.3 Å². The van der Waals surface area contributed by atoms with Crippen molar-refractivity contribution >= 4 is 11.8 Å². The predicted octanol–water partition coefficient (Wildman–Crippen LogP) is 1.90. The number of ether oxygens (including phenoxy) is 2. The van der Waals surface area contributed by atoms with Gasteiger partial charge in [0.2, 0.25) is 5.91 Å². The second-order valence-electron chi connectivity index (χ2n) is 6.93. The van der Waals surface area contributed by atoms with Crippen LogP contribution in [0.15, 0.2) is 18.2 Å². The predicted molar refractivity (Wildman–Crippen MR) is 89.5 cm³/mol. The number of benzene rings is 1. The number of carbonyl (C=O) groups is 2. The summed E-state index contributed by atoms with van der Waals surface area (Å²) in [5.41, 5.74) is 2.26. The van der Waals surface area contributed by atoms with Gasteiger partial charge in [-0.2, -0.15) is 0 Å². The molecule has 1 aromatic carbocycles. The Morgan fingerprint density at radius 2 is 2.16 bits per heavy atom. The van der Waals surface area contributed by atoms with Crippen molar-refractivity contribution in [3.8, 4) is 5.75 Å². The summed E-state index contributed by atoms with van der Waals surface area (Å²) < 4.78 is 11.3. The zero-order valence-corrected chi connectivity index (χ0v) is 14.6. The second-order valence-corrected chi connectivity index (χ2v) is 6.93. The van der Waals surface area contributed by atoms with Crippen molar-refractivity contribution in [1.29, 1.82) is 0 Å². The molecule has 1 saturated heterocycles. The Morgan fingerprint density at radius 1 is 1.36 bits per heavy atom. The monoisotopic (exact) mass is 348 g/mol. The third-order valence-electron chi connectivity index (χ3n) is 5.10. The van der Waals surface area contributed by atoms with E-state index >= 15 is 0 Å². The maximum atomic E-state index is 13.2. The van der Waals surface area contributed by atoms with Gasteiger partial charge in [-0.25, -0.2) is 5.48 Å². The van der Waals surface area contributed by atoms with Crippen LogP contribution in [0.3, 0.4) is 0 Å². The Hall–Kier alpha value is -2.12. The third kappa shape index (κ3) is 3.34. The van der Waals surface area contributed by atoms with Crippen LogP contribution in [0.1, 0.15) is 48.7 Å². The molecule has 2 aliphatic rings. The van der Waals surface area contributed by atoms with E-state index in [4.69, 9.17) is 14.7 Å². The molecule has 2 aliphatic heterocycles. The van der Waals surface area contributed by atoms with Crippen molar-refractivity contribution in [1.82, 2.24) is 10.4 Å². The largest absolute Gasteiger partial charge is 0.491 e. The maximum absolute atomic E-state index is 13.2. The van der Waals surface area contributed by atoms with Crippen LogP contribution in [0.4, 0.5) is 0 Å². The van der Waals surface area contributed by atoms with E-state index in [1.54, 1.807) is 23.7 Å². The summed E-state index contributed by atoms with van der Waals surface area (Å²) in [7, 11) is 0. The SMILES string of the molecule is CC1c2ccc(C(=O)NO)cc2OCCN1C(=O)[C@]1(C)CCCOC1. The van der Waals surface area contributed by atoms with Crippen LogP contribution >= 0.6 is 0 Å². The van der Waals surface area contributed by atoms with Crippen LogP contribution in [0.25, 0.3) is 0 Å². The zero-order valence-electron chi connectivity index (χ0n) is 14.6. The van der Waals surface area contributed by atoms with Gasteiger partial charge in [0.15, 0.2) is 0 Å². The average molecular weight is 348 g/mol. The maximum Gasteiger partial charge on any atom is 0.274 e. The number of carbonyl (C=O) groups excluding carboxylic acids is 2. The topological polar surface area (TPSA) is 88.1 Å². The van der Waals surface area contributed by atoms with Gasteiger partial charge < -0.3 is 14.4 Å².